The topological polar surface area (TPSA) is 113 Å². The van der Waals surface area contributed by atoms with E-state index in [9.17, 15) is 20.1 Å². The van der Waals surface area contributed by atoms with Gasteiger partial charge in [0.05, 0.1) is 24.4 Å². The predicted molar refractivity (Wildman–Crippen MR) is 129 cm³/mol. The number of allylic oxidation sites excluding steroid dienone is 3. The first kappa shape index (κ1) is 26.3. The van der Waals surface area contributed by atoms with Crippen molar-refractivity contribution in [3.05, 3.63) is 35.5 Å². The second-order valence-electron chi connectivity index (χ2n) is 11.6. The summed E-state index contributed by atoms with van der Waals surface area (Å²) in [6.07, 6.45) is 6.13. The van der Waals surface area contributed by atoms with Crippen LogP contribution in [0.3, 0.4) is 0 Å². The van der Waals surface area contributed by atoms with Crippen LogP contribution in [-0.2, 0) is 9.63 Å². The molecule has 0 aromatic rings. The molecule has 0 spiro atoms. The Morgan fingerprint density at radius 3 is 2.39 bits per heavy atom. The van der Waals surface area contributed by atoms with Crippen LogP contribution in [-0.4, -0.2) is 45.5 Å². The van der Waals surface area contributed by atoms with Gasteiger partial charge >= 0.3 is 0 Å². The van der Waals surface area contributed by atoms with Crippen molar-refractivity contribution in [2.75, 3.05) is 6.61 Å². The Balaban J connectivity index is 0.000000383. The van der Waals surface area contributed by atoms with Crippen LogP contribution in [0.5, 0.6) is 0 Å². The second kappa shape index (κ2) is 9.38. The van der Waals surface area contributed by atoms with Gasteiger partial charge in [-0.1, -0.05) is 37.6 Å². The highest BCUT2D eigenvalue weighted by molar-refractivity contribution is 5.95. The lowest BCUT2D eigenvalue weighted by molar-refractivity contribution is -0.151. The molecule has 0 aromatic heterocycles. The third-order valence-corrected chi connectivity index (χ3v) is 9.30. The molecule has 33 heavy (non-hydrogen) atoms. The van der Waals surface area contributed by atoms with Gasteiger partial charge in [0.25, 0.3) is 0 Å². The fourth-order valence-electron chi connectivity index (χ4n) is 7.38. The molecule has 0 bridgehead atoms. The minimum absolute atomic E-state index is 0.0150. The first-order valence-corrected chi connectivity index (χ1v) is 12.3. The number of hydrogen-bond acceptors (Lipinski definition) is 6. The number of rotatable bonds is 3. The number of aliphatic hydroxyl groups excluding tert-OH is 2. The minimum Gasteiger partial charge on any atom is -0.390 e. The van der Waals surface area contributed by atoms with Crippen LogP contribution >= 0.6 is 0 Å². The van der Waals surface area contributed by atoms with E-state index in [4.69, 9.17) is 5.90 Å². The Hall–Kier alpha value is -1.31. The molecule has 0 heterocycles. The van der Waals surface area contributed by atoms with Gasteiger partial charge < -0.3 is 20.2 Å². The Labute approximate surface area is 198 Å². The van der Waals surface area contributed by atoms with Crippen molar-refractivity contribution >= 4 is 5.78 Å². The summed E-state index contributed by atoms with van der Waals surface area (Å²) in [6, 6.07) is 0. The first-order valence-electron chi connectivity index (χ1n) is 12.3. The van der Waals surface area contributed by atoms with Crippen LogP contribution in [0.1, 0.15) is 73.1 Å². The van der Waals surface area contributed by atoms with Crippen LogP contribution in [0.2, 0.25) is 0 Å². The van der Waals surface area contributed by atoms with Crippen molar-refractivity contribution in [2.24, 2.45) is 34.5 Å². The number of fused-ring (bicyclic) bond motifs is 5. The van der Waals surface area contributed by atoms with Crippen molar-refractivity contribution in [1.82, 2.24) is 0 Å². The summed E-state index contributed by atoms with van der Waals surface area (Å²) < 4.78 is 0. The maximum absolute atomic E-state index is 13.0. The molecule has 4 rings (SSSR count). The normalized spacial score (nSPS) is 43.8. The largest absolute Gasteiger partial charge is 0.390 e. The van der Waals surface area contributed by atoms with Crippen LogP contribution in [0, 0.1) is 28.6 Å². The maximum atomic E-state index is 13.0. The highest BCUT2D eigenvalue weighted by atomic mass is 16.6. The van der Waals surface area contributed by atoms with Gasteiger partial charge in [-0.25, -0.2) is 5.90 Å². The third kappa shape index (κ3) is 4.30. The van der Waals surface area contributed by atoms with Gasteiger partial charge in [-0.3, -0.25) is 4.79 Å². The lowest BCUT2D eigenvalue weighted by atomic mass is 9.46. The van der Waals surface area contributed by atoms with Gasteiger partial charge in [-0.05, 0) is 88.2 Å². The molecule has 186 valence electrons. The number of aliphatic hydroxyl groups is 3. The standard InChI is InChI=1S/C22H32O4.C5H11NO/c1-12(2)13-6-8-22(26)15-9-17(23)16-10-18(24)19(25)11-20(16,3)14(15)5-7-21(13,22)4;1-5(2)3-4-7-6/h9,13-14,16,18-19,24-26H,1,5-8,10-11H2,2-4H3;3H,4,6H2,1-2H3/t13?,14?,16?,18?,19?,20?,21?,22-;/m1./s1. The number of nitrogens with two attached hydrogens (primary N) is 1. The predicted octanol–water partition coefficient (Wildman–Crippen LogP) is 3.61. The monoisotopic (exact) mass is 461 g/mol. The molecule has 3 fully saturated rings. The summed E-state index contributed by atoms with van der Waals surface area (Å²) in [5.41, 5.74) is 1.59. The molecule has 6 heteroatoms. The van der Waals surface area contributed by atoms with E-state index in [-0.39, 0.29) is 29.0 Å². The van der Waals surface area contributed by atoms with Crippen LogP contribution in [0.15, 0.2) is 35.5 Å². The van der Waals surface area contributed by atoms with Crippen LogP contribution in [0.25, 0.3) is 0 Å². The Morgan fingerprint density at radius 2 is 1.85 bits per heavy atom. The molecule has 3 saturated carbocycles. The molecule has 0 amide bonds. The molecule has 7 unspecified atom stereocenters. The molecule has 0 aliphatic heterocycles. The average Bonchev–Trinajstić information content (AvgIpc) is 3.01. The molecular formula is C27H43NO5. The molecule has 0 saturated heterocycles. The molecular weight excluding hydrogens is 418 g/mol. The fourth-order valence-corrected chi connectivity index (χ4v) is 7.38. The highest BCUT2D eigenvalue weighted by Crippen LogP contribution is 2.67. The lowest BCUT2D eigenvalue weighted by Gasteiger charge is -2.59. The molecule has 4 aliphatic rings. The van der Waals surface area contributed by atoms with Crippen LogP contribution in [0.4, 0.5) is 0 Å². The summed E-state index contributed by atoms with van der Waals surface area (Å²) in [4.78, 5) is 17.3. The van der Waals surface area contributed by atoms with E-state index in [0.29, 0.717) is 25.9 Å². The highest BCUT2D eigenvalue weighted by Gasteiger charge is 2.66. The van der Waals surface area contributed by atoms with E-state index >= 15 is 0 Å². The van der Waals surface area contributed by atoms with E-state index < -0.39 is 23.2 Å². The van der Waals surface area contributed by atoms with E-state index in [1.165, 1.54) is 5.57 Å². The van der Waals surface area contributed by atoms with Gasteiger partial charge in [-0.15, -0.1) is 0 Å². The fraction of sp³-hybridized carbons (Fsp3) is 0.741. The summed E-state index contributed by atoms with van der Waals surface area (Å²) >= 11 is 0. The summed E-state index contributed by atoms with van der Waals surface area (Å²) in [7, 11) is 0. The molecule has 0 aromatic carbocycles. The van der Waals surface area contributed by atoms with Crippen molar-refractivity contribution in [3.8, 4) is 0 Å². The van der Waals surface area contributed by atoms with Gasteiger partial charge in [0.1, 0.15) is 0 Å². The molecule has 0 radical (unpaired) electrons. The Morgan fingerprint density at radius 1 is 1.18 bits per heavy atom. The average molecular weight is 462 g/mol. The zero-order chi connectivity index (χ0) is 24.8. The first-order chi connectivity index (χ1) is 15.3. The zero-order valence-electron chi connectivity index (χ0n) is 20.9. The molecule has 8 atom stereocenters. The van der Waals surface area contributed by atoms with Gasteiger partial charge in [0.15, 0.2) is 5.78 Å². The lowest BCUT2D eigenvalue weighted by Crippen LogP contribution is -2.60. The molecule has 4 aliphatic carbocycles. The summed E-state index contributed by atoms with van der Waals surface area (Å²) in [6.45, 7) is 15.0. The van der Waals surface area contributed by atoms with E-state index in [0.717, 1.165) is 30.4 Å². The Bertz CT molecular complexity index is 845. The number of hydrogen-bond donors (Lipinski definition) is 4. The third-order valence-electron chi connectivity index (χ3n) is 9.30. The van der Waals surface area contributed by atoms with Crippen molar-refractivity contribution in [1.29, 1.82) is 0 Å². The SMILES string of the molecule is C=C(C)C1CC[C@@]2(O)C3=CC(=O)C4CC(O)C(O)CC4(C)C3CCC12C.CC(C)=CCON. The molecule has 5 N–H and O–H groups in total. The number of carbonyl (C=O) groups is 1. The van der Waals surface area contributed by atoms with E-state index in [1.54, 1.807) is 6.08 Å². The van der Waals surface area contributed by atoms with E-state index in [1.807, 2.05) is 26.8 Å². The smallest absolute Gasteiger partial charge is 0.159 e. The van der Waals surface area contributed by atoms with Gasteiger partial charge in [0, 0.05) is 11.3 Å². The van der Waals surface area contributed by atoms with Gasteiger partial charge in [-0.2, -0.15) is 0 Å². The number of carbonyl (C=O) groups excluding carboxylic acids is 1. The van der Waals surface area contributed by atoms with E-state index in [2.05, 4.69) is 25.3 Å². The van der Waals surface area contributed by atoms with Crippen molar-refractivity contribution in [3.63, 3.8) is 0 Å². The zero-order valence-corrected chi connectivity index (χ0v) is 20.9. The number of ketones is 1. The van der Waals surface area contributed by atoms with Crippen molar-refractivity contribution < 1.29 is 25.0 Å². The van der Waals surface area contributed by atoms with Gasteiger partial charge in [0.2, 0.25) is 0 Å². The summed E-state index contributed by atoms with van der Waals surface area (Å²) in [5, 5.41) is 32.3. The van der Waals surface area contributed by atoms with Crippen LogP contribution < -0.4 is 5.90 Å². The quantitative estimate of drug-likeness (QED) is 0.377. The second-order valence-corrected chi connectivity index (χ2v) is 11.6. The Kier molecular flexibility index (Phi) is 7.48. The maximum Gasteiger partial charge on any atom is 0.159 e. The minimum atomic E-state index is -0.968. The summed E-state index contributed by atoms with van der Waals surface area (Å²) in [5.74, 6) is 4.85. The molecule has 6 nitrogen and oxygen atoms in total. The van der Waals surface area contributed by atoms with Crippen molar-refractivity contribution in [2.45, 2.75) is 91.0 Å².